The lowest BCUT2D eigenvalue weighted by atomic mass is 9.97. The van der Waals surface area contributed by atoms with Crippen LogP contribution in [0.15, 0.2) is 24.3 Å². The normalized spacial score (nSPS) is 19.8. The zero-order valence-corrected chi connectivity index (χ0v) is 13.4. The minimum absolute atomic E-state index is 0.293. The van der Waals surface area contributed by atoms with Crippen LogP contribution >= 0.6 is 0 Å². The number of benzene rings is 1. The van der Waals surface area contributed by atoms with Crippen molar-refractivity contribution >= 4 is 5.69 Å². The summed E-state index contributed by atoms with van der Waals surface area (Å²) >= 11 is 0. The summed E-state index contributed by atoms with van der Waals surface area (Å²) in [4.78, 5) is 2.13. The smallest absolute Gasteiger partial charge is 0.0444 e. The maximum Gasteiger partial charge on any atom is 0.0444 e. The number of nitrogens with one attached hydrogen (secondary N) is 1. The van der Waals surface area contributed by atoms with Gasteiger partial charge in [0, 0.05) is 32.4 Å². The van der Waals surface area contributed by atoms with Gasteiger partial charge < -0.3 is 16.0 Å². The lowest BCUT2D eigenvalue weighted by Crippen LogP contribution is -2.33. The van der Waals surface area contributed by atoms with Gasteiger partial charge in [-0.05, 0) is 67.7 Å². The Morgan fingerprint density at radius 3 is 2.10 bits per heavy atom. The molecule has 1 aromatic rings. The SMILES string of the molecule is CN(C)c1ccc(C(CN)NCC(C2CC2)C2CC2)cc1. The number of hydrogen-bond acceptors (Lipinski definition) is 3. The summed E-state index contributed by atoms with van der Waals surface area (Å²) in [5.74, 6) is 2.90. The predicted molar refractivity (Wildman–Crippen MR) is 89.5 cm³/mol. The highest BCUT2D eigenvalue weighted by atomic mass is 15.1. The molecule has 0 saturated heterocycles. The van der Waals surface area contributed by atoms with Gasteiger partial charge in [0.2, 0.25) is 0 Å². The summed E-state index contributed by atoms with van der Waals surface area (Å²) in [5.41, 5.74) is 8.55. The van der Waals surface area contributed by atoms with Gasteiger partial charge in [-0.2, -0.15) is 0 Å². The number of nitrogens with zero attached hydrogens (tertiary/aromatic N) is 1. The molecule has 3 N–H and O–H groups in total. The van der Waals surface area contributed by atoms with Crippen molar-refractivity contribution in [2.24, 2.45) is 23.5 Å². The van der Waals surface area contributed by atoms with Crippen LogP contribution < -0.4 is 16.0 Å². The van der Waals surface area contributed by atoms with Crippen LogP contribution in [0.1, 0.15) is 37.3 Å². The average molecular weight is 287 g/mol. The van der Waals surface area contributed by atoms with E-state index < -0.39 is 0 Å². The van der Waals surface area contributed by atoms with Gasteiger partial charge in [0.05, 0.1) is 0 Å². The molecular weight excluding hydrogens is 258 g/mol. The quantitative estimate of drug-likeness (QED) is 0.772. The fourth-order valence-electron chi connectivity index (χ4n) is 3.39. The zero-order chi connectivity index (χ0) is 14.8. The Morgan fingerprint density at radius 1 is 1.10 bits per heavy atom. The van der Waals surface area contributed by atoms with E-state index in [1.165, 1.54) is 36.9 Å². The van der Waals surface area contributed by atoms with Crippen molar-refractivity contribution in [2.75, 3.05) is 32.1 Å². The monoisotopic (exact) mass is 287 g/mol. The van der Waals surface area contributed by atoms with E-state index in [2.05, 4.69) is 48.6 Å². The number of hydrogen-bond donors (Lipinski definition) is 2. The summed E-state index contributed by atoms with van der Waals surface area (Å²) in [6.45, 7) is 1.82. The molecule has 0 spiro atoms. The number of anilines is 1. The summed E-state index contributed by atoms with van der Waals surface area (Å²) in [6, 6.07) is 9.07. The Labute approximate surface area is 128 Å². The Hall–Kier alpha value is -1.06. The number of nitrogens with two attached hydrogens (primary N) is 1. The van der Waals surface area contributed by atoms with E-state index in [1.807, 2.05) is 0 Å². The van der Waals surface area contributed by atoms with Gasteiger partial charge in [-0.3, -0.25) is 0 Å². The summed E-state index contributed by atoms with van der Waals surface area (Å²) in [5, 5.41) is 3.74. The van der Waals surface area contributed by atoms with Crippen LogP contribution in [-0.2, 0) is 0 Å². The van der Waals surface area contributed by atoms with Crippen LogP contribution in [0.2, 0.25) is 0 Å². The maximum atomic E-state index is 6.00. The maximum absolute atomic E-state index is 6.00. The first-order valence-corrected chi connectivity index (χ1v) is 8.39. The van der Waals surface area contributed by atoms with Gasteiger partial charge in [-0.1, -0.05) is 12.1 Å². The molecule has 21 heavy (non-hydrogen) atoms. The minimum Gasteiger partial charge on any atom is -0.378 e. The lowest BCUT2D eigenvalue weighted by Gasteiger charge is -2.23. The Kier molecular flexibility index (Phi) is 4.51. The van der Waals surface area contributed by atoms with E-state index in [0.29, 0.717) is 12.6 Å². The molecule has 0 radical (unpaired) electrons. The molecule has 1 unspecified atom stereocenters. The molecule has 3 heteroatoms. The average Bonchev–Trinajstić information content (AvgIpc) is 3.38. The van der Waals surface area contributed by atoms with Gasteiger partial charge in [-0.25, -0.2) is 0 Å². The lowest BCUT2D eigenvalue weighted by molar-refractivity contribution is 0.357. The topological polar surface area (TPSA) is 41.3 Å². The van der Waals surface area contributed by atoms with Crippen molar-refractivity contribution in [3.8, 4) is 0 Å². The number of rotatable bonds is 8. The van der Waals surface area contributed by atoms with Crippen LogP contribution in [-0.4, -0.2) is 27.2 Å². The Morgan fingerprint density at radius 2 is 1.67 bits per heavy atom. The minimum atomic E-state index is 0.293. The molecular formula is C18H29N3. The highest BCUT2D eigenvalue weighted by Gasteiger charge is 2.41. The molecule has 0 aliphatic heterocycles. The predicted octanol–water partition coefficient (Wildman–Crippen LogP) is 2.78. The van der Waals surface area contributed by atoms with E-state index in [1.54, 1.807) is 0 Å². The van der Waals surface area contributed by atoms with Crippen molar-refractivity contribution < 1.29 is 0 Å². The Balaban J connectivity index is 1.58. The third-order valence-corrected chi connectivity index (χ3v) is 5.10. The van der Waals surface area contributed by atoms with Crippen molar-refractivity contribution in [3.05, 3.63) is 29.8 Å². The summed E-state index contributed by atoms with van der Waals surface area (Å²) in [7, 11) is 4.15. The third kappa shape index (κ3) is 3.78. The Bertz CT molecular complexity index is 434. The van der Waals surface area contributed by atoms with Gasteiger partial charge >= 0.3 is 0 Å². The molecule has 0 heterocycles. The molecule has 1 aromatic carbocycles. The fourth-order valence-corrected chi connectivity index (χ4v) is 3.39. The molecule has 2 aliphatic rings. The molecule has 116 valence electrons. The van der Waals surface area contributed by atoms with E-state index in [-0.39, 0.29) is 0 Å². The zero-order valence-electron chi connectivity index (χ0n) is 13.4. The molecule has 2 fully saturated rings. The van der Waals surface area contributed by atoms with E-state index in [4.69, 9.17) is 5.73 Å². The molecule has 0 amide bonds. The highest BCUT2D eigenvalue weighted by molar-refractivity contribution is 5.46. The van der Waals surface area contributed by atoms with Gasteiger partial charge in [0.1, 0.15) is 0 Å². The molecule has 3 rings (SSSR count). The summed E-state index contributed by atoms with van der Waals surface area (Å²) in [6.07, 6.45) is 5.81. The van der Waals surface area contributed by atoms with Crippen molar-refractivity contribution in [2.45, 2.75) is 31.7 Å². The first-order chi connectivity index (χ1) is 10.2. The van der Waals surface area contributed by atoms with Crippen molar-refractivity contribution in [1.29, 1.82) is 0 Å². The first-order valence-electron chi connectivity index (χ1n) is 8.39. The second-order valence-corrected chi connectivity index (χ2v) is 7.02. The third-order valence-electron chi connectivity index (χ3n) is 5.10. The second-order valence-electron chi connectivity index (χ2n) is 7.02. The van der Waals surface area contributed by atoms with E-state index in [9.17, 15) is 0 Å². The van der Waals surface area contributed by atoms with Crippen LogP contribution in [0.5, 0.6) is 0 Å². The molecule has 1 atom stereocenters. The van der Waals surface area contributed by atoms with Crippen LogP contribution in [0.25, 0.3) is 0 Å². The largest absolute Gasteiger partial charge is 0.378 e. The van der Waals surface area contributed by atoms with E-state index >= 15 is 0 Å². The fraction of sp³-hybridized carbons (Fsp3) is 0.667. The van der Waals surface area contributed by atoms with Gasteiger partial charge in [-0.15, -0.1) is 0 Å². The standard InChI is InChI=1S/C18H29N3/c1-21(2)16-9-7-15(8-10-16)18(11-19)20-12-17(13-3-4-13)14-5-6-14/h7-10,13-14,17-18,20H,3-6,11-12,19H2,1-2H3. The van der Waals surface area contributed by atoms with Crippen LogP contribution in [0, 0.1) is 17.8 Å². The second kappa shape index (κ2) is 6.37. The van der Waals surface area contributed by atoms with E-state index in [0.717, 1.165) is 24.3 Å². The highest BCUT2D eigenvalue weighted by Crippen LogP contribution is 2.48. The summed E-state index contributed by atoms with van der Waals surface area (Å²) < 4.78 is 0. The molecule has 3 nitrogen and oxygen atoms in total. The molecule has 0 aromatic heterocycles. The van der Waals surface area contributed by atoms with Crippen LogP contribution in [0.4, 0.5) is 5.69 Å². The van der Waals surface area contributed by atoms with Gasteiger partial charge in [0.15, 0.2) is 0 Å². The van der Waals surface area contributed by atoms with Crippen LogP contribution in [0.3, 0.4) is 0 Å². The van der Waals surface area contributed by atoms with Gasteiger partial charge in [0.25, 0.3) is 0 Å². The molecule has 0 bridgehead atoms. The first kappa shape index (κ1) is 14.9. The molecule has 2 aliphatic carbocycles. The van der Waals surface area contributed by atoms with Crippen molar-refractivity contribution in [3.63, 3.8) is 0 Å². The molecule has 2 saturated carbocycles. The van der Waals surface area contributed by atoms with Crippen molar-refractivity contribution in [1.82, 2.24) is 5.32 Å².